The second-order valence-corrected chi connectivity index (χ2v) is 6.06. The lowest BCUT2D eigenvalue weighted by Gasteiger charge is -2.23. The van der Waals surface area contributed by atoms with Gasteiger partial charge in [-0.25, -0.2) is 0 Å². The smallest absolute Gasteiger partial charge is 0.244 e. The van der Waals surface area contributed by atoms with Crippen molar-refractivity contribution in [3.8, 4) is 11.4 Å². The van der Waals surface area contributed by atoms with Crippen molar-refractivity contribution in [1.82, 2.24) is 20.1 Å². The summed E-state index contributed by atoms with van der Waals surface area (Å²) in [7, 11) is 0. The van der Waals surface area contributed by atoms with E-state index in [-0.39, 0.29) is 11.5 Å². The third-order valence-corrected chi connectivity index (χ3v) is 3.37. The SMILES string of the molecule is CC(C)(C)C(N)c1nc(-c2ccc3nccnc3c2)no1. The predicted molar refractivity (Wildman–Crippen MR) is 79.2 cm³/mol. The van der Waals surface area contributed by atoms with Gasteiger partial charge in [0.25, 0.3) is 0 Å². The van der Waals surface area contributed by atoms with Crippen molar-refractivity contribution in [2.75, 3.05) is 0 Å². The Morgan fingerprint density at radius 3 is 2.52 bits per heavy atom. The maximum Gasteiger partial charge on any atom is 0.244 e. The lowest BCUT2D eigenvalue weighted by Crippen LogP contribution is -2.26. The highest BCUT2D eigenvalue weighted by atomic mass is 16.5. The molecule has 0 aliphatic carbocycles. The monoisotopic (exact) mass is 283 g/mol. The summed E-state index contributed by atoms with van der Waals surface area (Å²) in [4.78, 5) is 12.9. The van der Waals surface area contributed by atoms with Crippen molar-refractivity contribution in [3.63, 3.8) is 0 Å². The maximum atomic E-state index is 6.14. The highest BCUT2D eigenvalue weighted by Crippen LogP contribution is 2.30. The van der Waals surface area contributed by atoms with E-state index >= 15 is 0 Å². The first-order valence-electron chi connectivity index (χ1n) is 6.75. The number of hydrogen-bond donors (Lipinski definition) is 1. The third kappa shape index (κ3) is 2.62. The number of nitrogens with two attached hydrogens (primary N) is 1. The largest absolute Gasteiger partial charge is 0.337 e. The van der Waals surface area contributed by atoms with Gasteiger partial charge >= 0.3 is 0 Å². The minimum atomic E-state index is -0.306. The highest BCUT2D eigenvalue weighted by Gasteiger charge is 2.27. The van der Waals surface area contributed by atoms with Crippen molar-refractivity contribution in [2.45, 2.75) is 26.8 Å². The van der Waals surface area contributed by atoms with Crippen LogP contribution in [0.4, 0.5) is 0 Å². The zero-order valence-electron chi connectivity index (χ0n) is 12.2. The molecule has 3 rings (SSSR count). The van der Waals surface area contributed by atoms with Crippen LogP contribution < -0.4 is 5.73 Å². The zero-order chi connectivity index (χ0) is 15.0. The molecule has 0 fully saturated rings. The second-order valence-electron chi connectivity index (χ2n) is 6.06. The van der Waals surface area contributed by atoms with Crippen LogP contribution in [-0.2, 0) is 0 Å². The van der Waals surface area contributed by atoms with Gasteiger partial charge in [-0.05, 0) is 23.6 Å². The average molecular weight is 283 g/mol. The molecule has 0 bridgehead atoms. The van der Waals surface area contributed by atoms with Crippen LogP contribution in [0.3, 0.4) is 0 Å². The molecule has 0 radical (unpaired) electrons. The fraction of sp³-hybridized carbons (Fsp3) is 0.333. The molecular formula is C15H17N5O. The standard InChI is InChI=1S/C15H17N5O/c1-15(2,3)12(16)14-19-13(20-21-14)9-4-5-10-11(8-9)18-7-6-17-10/h4-8,12H,16H2,1-3H3. The van der Waals surface area contributed by atoms with E-state index in [2.05, 4.69) is 20.1 Å². The fourth-order valence-corrected chi connectivity index (χ4v) is 1.95. The first-order chi connectivity index (χ1) is 9.95. The Hall–Kier alpha value is -2.34. The average Bonchev–Trinajstić information content (AvgIpc) is 2.94. The van der Waals surface area contributed by atoms with E-state index in [1.165, 1.54) is 0 Å². The van der Waals surface area contributed by atoms with Crippen molar-refractivity contribution in [2.24, 2.45) is 11.1 Å². The summed E-state index contributed by atoms with van der Waals surface area (Å²) in [6.45, 7) is 6.10. The van der Waals surface area contributed by atoms with E-state index in [1.807, 2.05) is 39.0 Å². The van der Waals surface area contributed by atoms with Gasteiger partial charge in [0.1, 0.15) is 0 Å². The van der Waals surface area contributed by atoms with Crippen LogP contribution in [0.25, 0.3) is 22.4 Å². The van der Waals surface area contributed by atoms with Crippen LogP contribution in [0.5, 0.6) is 0 Å². The molecule has 21 heavy (non-hydrogen) atoms. The van der Waals surface area contributed by atoms with Crippen molar-refractivity contribution in [3.05, 3.63) is 36.5 Å². The minimum absolute atomic E-state index is 0.140. The molecule has 0 amide bonds. The number of hydrogen-bond acceptors (Lipinski definition) is 6. The van der Waals surface area contributed by atoms with Crippen LogP contribution >= 0.6 is 0 Å². The maximum absolute atomic E-state index is 6.14. The zero-order valence-corrected chi connectivity index (χ0v) is 12.2. The molecule has 1 aromatic carbocycles. The molecule has 108 valence electrons. The lowest BCUT2D eigenvalue weighted by atomic mass is 9.87. The summed E-state index contributed by atoms with van der Waals surface area (Å²) in [5, 5.41) is 4.01. The van der Waals surface area contributed by atoms with Crippen molar-refractivity contribution < 1.29 is 4.52 Å². The first-order valence-corrected chi connectivity index (χ1v) is 6.75. The van der Waals surface area contributed by atoms with E-state index < -0.39 is 0 Å². The van der Waals surface area contributed by atoms with Gasteiger partial charge in [0.15, 0.2) is 0 Å². The van der Waals surface area contributed by atoms with E-state index in [4.69, 9.17) is 10.3 Å². The molecule has 3 aromatic rings. The number of benzene rings is 1. The van der Waals surface area contributed by atoms with Crippen LogP contribution in [0.2, 0.25) is 0 Å². The minimum Gasteiger partial charge on any atom is -0.337 e. The normalized spacial score (nSPS) is 13.5. The lowest BCUT2D eigenvalue weighted by molar-refractivity contribution is 0.253. The number of fused-ring (bicyclic) bond motifs is 1. The molecule has 6 heteroatoms. The highest BCUT2D eigenvalue weighted by molar-refractivity contribution is 5.79. The van der Waals surface area contributed by atoms with E-state index in [0.29, 0.717) is 11.7 Å². The quantitative estimate of drug-likeness (QED) is 0.777. The number of nitrogens with zero attached hydrogens (tertiary/aromatic N) is 4. The van der Waals surface area contributed by atoms with Gasteiger partial charge in [-0.1, -0.05) is 25.9 Å². The molecule has 0 saturated heterocycles. The van der Waals surface area contributed by atoms with Gasteiger partial charge in [0, 0.05) is 18.0 Å². The van der Waals surface area contributed by atoms with Gasteiger partial charge in [-0.15, -0.1) is 0 Å². The Bertz CT molecular complexity index is 775. The van der Waals surface area contributed by atoms with Crippen molar-refractivity contribution in [1.29, 1.82) is 0 Å². The Kier molecular flexibility index (Phi) is 3.17. The van der Waals surface area contributed by atoms with Gasteiger partial charge in [-0.3, -0.25) is 9.97 Å². The molecule has 1 unspecified atom stereocenters. The first kappa shape index (κ1) is 13.6. The van der Waals surface area contributed by atoms with Gasteiger partial charge < -0.3 is 10.3 Å². The molecule has 1 atom stereocenters. The van der Waals surface area contributed by atoms with Gasteiger partial charge in [0.05, 0.1) is 17.1 Å². The Morgan fingerprint density at radius 1 is 1.10 bits per heavy atom. The number of rotatable bonds is 2. The Balaban J connectivity index is 1.98. The Labute approximate surface area is 122 Å². The summed E-state index contributed by atoms with van der Waals surface area (Å²) in [6, 6.07) is 5.37. The summed E-state index contributed by atoms with van der Waals surface area (Å²) in [6.07, 6.45) is 3.32. The summed E-state index contributed by atoms with van der Waals surface area (Å²) < 4.78 is 5.30. The van der Waals surface area contributed by atoms with Gasteiger partial charge in [0.2, 0.25) is 11.7 Å². The molecule has 0 aliphatic rings. The van der Waals surface area contributed by atoms with Crippen LogP contribution in [0.15, 0.2) is 35.1 Å². The molecular weight excluding hydrogens is 266 g/mol. The Morgan fingerprint density at radius 2 is 1.81 bits per heavy atom. The molecule has 0 saturated carbocycles. The second kappa shape index (κ2) is 4.89. The molecule has 0 aliphatic heterocycles. The van der Waals surface area contributed by atoms with Crippen LogP contribution in [-0.4, -0.2) is 20.1 Å². The number of aromatic nitrogens is 4. The predicted octanol–water partition coefficient (Wildman–Crippen LogP) is 2.73. The molecule has 2 N–H and O–H groups in total. The van der Waals surface area contributed by atoms with Crippen molar-refractivity contribution >= 4 is 11.0 Å². The van der Waals surface area contributed by atoms with E-state index in [0.717, 1.165) is 16.6 Å². The molecule has 0 spiro atoms. The van der Waals surface area contributed by atoms with E-state index in [1.54, 1.807) is 12.4 Å². The molecule has 2 heterocycles. The molecule has 2 aromatic heterocycles. The van der Waals surface area contributed by atoms with Crippen LogP contribution in [0.1, 0.15) is 32.7 Å². The summed E-state index contributed by atoms with van der Waals surface area (Å²) in [5.74, 6) is 0.953. The summed E-state index contributed by atoms with van der Waals surface area (Å²) in [5.41, 5.74) is 8.45. The fourth-order valence-electron chi connectivity index (χ4n) is 1.95. The topological polar surface area (TPSA) is 90.7 Å². The van der Waals surface area contributed by atoms with Gasteiger partial charge in [-0.2, -0.15) is 4.98 Å². The molecule has 6 nitrogen and oxygen atoms in total. The third-order valence-electron chi connectivity index (χ3n) is 3.37. The summed E-state index contributed by atoms with van der Waals surface area (Å²) >= 11 is 0. The van der Waals surface area contributed by atoms with E-state index in [9.17, 15) is 0 Å². The van der Waals surface area contributed by atoms with Crippen LogP contribution in [0, 0.1) is 5.41 Å².